The molecule has 2 rings (SSSR count). The van der Waals surface area contributed by atoms with E-state index in [1.54, 1.807) is 7.11 Å². The first kappa shape index (κ1) is 16.5. The fraction of sp³-hybridized carbons (Fsp3) is 0.667. The van der Waals surface area contributed by atoms with Gasteiger partial charge in [0.2, 0.25) is 0 Å². The number of halogens is 1. The highest BCUT2D eigenvalue weighted by molar-refractivity contribution is 6.32. The van der Waals surface area contributed by atoms with Gasteiger partial charge in [-0.3, -0.25) is 0 Å². The Kier molecular flexibility index (Phi) is 5.43. The molecule has 1 aromatic carbocycles. The first-order chi connectivity index (χ1) is 9.96. The van der Waals surface area contributed by atoms with E-state index in [0.29, 0.717) is 16.5 Å². The van der Waals surface area contributed by atoms with Gasteiger partial charge in [-0.05, 0) is 49.1 Å². The molecule has 0 bridgehead atoms. The highest BCUT2D eigenvalue weighted by atomic mass is 35.5. The van der Waals surface area contributed by atoms with Crippen molar-refractivity contribution in [1.29, 1.82) is 0 Å². The Morgan fingerprint density at radius 1 is 1.24 bits per heavy atom. The van der Waals surface area contributed by atoms with E-state index < -0.39 is 0 Å². The lowest BCUT2D eigenvalue weighted by atomic mass is 9.69. The molecular formula is C18H28ClNO. The minimum absolute atomic E-state index is 0.481. The van der Waals surface area contributed by atoms with Crippen LogP contribution < -0.4 is 10.1 Å². The van der Waals surface area contributed by atoms with E-state index >= 15 is 0 Å². The molecule has 0 aromatic heterocycles. The zero-order valence-corrected chi connectivity index (χ0v) is 14.5. The second-order valence-electron chi connectivity index (χ2n) is 6.88. The third-order valence-corrected chi connectivity index (χ3v) is 5.58. The van der Waals surface area contributed by atoms with Crippen LogP contribution in [0.15, 0.2) is 18.2 Å². The molecule has 1 saturated carbocycles. The van der Waals surface area contributed by atoms with E-state index in [9.17, 15) is 0 Å². The maximum atomic E-state index is 6.07. The van der Waals surface area contributed by atoms with Gasteiger partial charge in [-0.15, -0.1) is 0 Å². The smallest absolute Gasteiger partial charge is 0.139 e. The molecule has 1 aliphatic rings. The van der Waals surface area contributed by atoms with Gasteiger partial charge in [-0.1, -0.05) is 38.8 Å². The topological polar surface area (TPSA) is 21.3 Å². The molecule has 3 heteroatoms. The lowest BCUT2D eigenvalue weighted by Gasteiger charge is -2.39. The van der Waals surface area contributed by atoms with Crippen LogP contribution in [0.1, 0.15) is 52.9 Å². The Hall–Kier alpha value is -0.890. The van der Waals surface area contributed by atoms with E-state index in [1.807, 2.05) is 18.2 Å². The predicted molar refractivity (Wildman–Crippen MR) is 91.4 cm³/mol. The normalized spacial score (nSPS) is 22.9. The van der Waals surface area contributed by atoms with Gasteiger partial charge in [0, 0.05) is 17.8 Å². The van der Waals surface area contributed by atoms with Crippen LogP contribution in [0.2, 0.25) is 5.02 Å². The summed E-state index contributed by atoms with van der Waals surface area (Å²) in [5.41, 5.74) is 1.59. The van der Waals surface area contributed by atoms with Crippen molar-refractivity contribution in [2.24, 2.45) is 11.3 Å². The number of hydrogen-bond acceptors (Lipinski definition) is 2. The van der Waals surface area contributed by atoms with Gasteiger partial charge in [-0.25, -0.2) is 0 Å². The molecule has 1 fully saturated rings. The fourth-order valence-corrected chi connectivity index (χ4v) is 3.49. The second kappa shape index (κ2) is 6.91. The molecule has 118 valence electrons. The maximum Gasteiger partial charge on any atom is 0.139 e. The summed E-state index contributed by atoms with van der Waals surface area (Å²) >= 11 is 6.07. The van der Waals surface area contributed by atoms with Crippen molar-refractivity contribution in [2.75, 3.05) is 12.4 Å². The van der Waals surface area contributed by atoms with E-state index in [4.69, 9.17) is 16.3 Å². The average molecular weight is 310 g/mol. The number of hydrogen-bond donors (Lipinski definition) is 1. The minimum Gasteiger partial charge on any atom is -0.495 e. The molecule has 1 aromatic rings. The van der Waals surface area contributed by atoms with Crippen molar-refractivity contribution in [3.63, 3.8) is 0 Å². The van der Waals surface area contributed by atoms with Gasteiger partial charge < -0.3 is 10.1 Å². The Morgan fingerprint density at radius 3 is 2.48 bits per heavy atom. The van der Waals surface area contributed by atoms with Crippen molar-refractivity contribution >= 4 is 17.3 Å². The maximum absolute atomic E-state index is 6.07. The van der Waals surface area contributed by atoms with Crippen LogP contribution in [0.3, 0.4) is 0 Å². The van der Waals surface area contributed by atoms with Gasteiger partial charge in [0.1, 0.15) is 5.75 Å². The molecule has 0 atom stereocenters. The van der Waals surface area contributed by atoms with Gasteiger partial charge in [-0.2, -0.15) is 0 Å². The summed E-state index contributed by atoms with van der Waals surface area (Å²) in [5.74, 6) is 1.60. The van der Waals surface area contributed by atoms with E-state index in [2.05, 4.69) is 26.1 Å². The average Bonchev–Trinajstić information content (AvgIpc) is 2.49. The number of ether oxygens (including phenoxy) is 1. The molecule has 2 nitrogen and oxygen atoms in total. The van der Waals surface area contributed by atoms with Crippen LogP contribution in [0.4, 0.5) is 5.69 Å². The lowest BCUT2D eigenvalue weighted by Crippen LogP contribution is -2.32. The molecule has 0 saturated heterocycles. The summed E-state index contributed by atoms with van der Waals surface area (Å²) < 4.78 is 5.28. The summed E-state index contributed by atoms with van der Waals surface area (Å²) in [4.78, 5) is 0. The van der Waals surface area contributed by atoms with Crippen molar-refractivity contribution in [1.82, 2.24) is 0 Å². The van der Waals surface area contributed by atoms with Crippen LogP contribution in [0, 0.1) is 11.3 Å². The zero-order chi connectivity index (χ0) is 15.5. The van der Waals surface area contributed by atoms with Gasteiger partial charge in [0.25, 0.3) is 0 Å². The molecule has 0 amide bonds. The molecule has 1 aliphatic carbocycles. The largest absolute Gasteiger partial charge is 0.495 e. The van der Waals surface area contributed by atoms with Crippen LogP contribution in [0.25, 0.3) is 0 Å². The Labute approximate surface area is 134 Å². The van der Waals surface area contributed by atoms with Crippen LogP contribution in [-0.2, 0) is 0 Å². The van der Waals surface area contributed by atoms with Crippen molar-refractivity contribution < 1.29 is 4.74 Å². The van der Waals surface area contributed by atoms with Gasteiger partial charge >= 0.3 is 0 Å². The second-order valence-corrected chi connectivity index (χ2v) is 7.29. The molecule has 1 N–H and O–H groups in total. The van der Waals surface area contributed by atoms with Gasteiger partial charge in [0.15, 0.2) is 0 Å². The number of methoxy groups -OCH3 is 1. The molecule has 21 heavy (non-hydrogen) atoms. The van der Waals surface area contributed by atoms with E-state index in [1.165, 1.54) is 32.1 Å². The summed E-state index contributed by atoms with van der Waals surface area (Å²) in [6.07, 6.45) is 6.41. The number of rotatable bonds is 5. The number of benzene rings is 1. The molecule has 0 unspecified atom stereocenters. The minimum atomic E-state index is 0.481. The molecule has 0 aliphatic heterocycles. The van der Waals surface area contributed by atoms with E-state index in [-0.39, 0.29) is 0 Å². The van der Waals surface area contributed by atoms with Crippen LogP contribution >= 0.6 is 11.6 Å². The number of nitrogens with one attached hydrogen (secondary N) is 1. The summed E-state index contributed by atoms with van der Waals surface area (Å²) in [7, 11) is 1.66. The molecular weight excluding hydrogens is 282 g/mol. The van der Waals surface area contributed by atoms with Crippen molar-refractivity contribution in [2.45, 2.75) is 58.9 Å². The first-order valence-corrected chi connectivity index (χ1v) is 8.44. The summed E-state index contributed by atoms with van der Waals surface area (Å²) in [6.45, 7) is 7.13. The third-order valence-electron chi connectivity index (χ3n) is 5.27. The lowest BCUT2D eigenvalue weighted by molar-refractivity contribution is 0.147. The SMILES string of the molecule is CCC(C)(C)C1CCC(Nc2ccc(Cl)c(OC)c2)CC1. The van der Waals surface area contributed by atoms with Crippen LogP contribution in [0.5, 0.6) is 5.75 Å². The highest BCUT2D eigenvalue weighted by Crippen LogP contribution is 2.41. The Morgan fingerprint density at radius 2 is 1.90 bits per heavy atom. The predicted octanol–water partition coefficient (Wildman–Crippen LogP) is 5.76. The summed E-state index contributed by atoms with van der Waals surface area (Å²) in [6, 6.07) is 6.49. The molecule has 0 spiro atoms. The fourth-order valence-electron chi connectivity index (χ4n) is 3.29. The quantitative estimate of drug-likeness (QED) is 0.747. The van der Waals surface area contributed by atoms with Crippen molar-refractivity contribution in [3.05, 3.63) is 23.2 Å². The molecule has 0 heterocycles. The first-order valence-electron chi connectivity index (χ1n) is 8.06. The van der Waals surface area contributed by atoms with E-state index in [0.717, 1.165) is 17.4 Å². The molecule has 0 radical (unpaired) electrons. The highest BCUT2D eigenvalue weighted by Gasteiger charge is 2.31. The number of anilines is 1. The standard InChI is InChI=1S/C18H28ClNO/c1-5-18(2,3)13-6-8-14(9-7-13)20-15-10-11-16(19)17(12-15)21-4/h10-14,20H,5-9H2,1-4H3. The Balaban J connectivity index is 1.92. The monoisotopic (exact) mass is 309 g/mol. The van der Waals surface area contributed by atoms with Gasteiger partial charge in [0.05, 0.1) is 12.1 Å². The zero-order valence-electron chi connectivity index (χ0n) is 13.7. The third kappa shape index (κ3) is 4.06. The Bertz CT molecular complexity index is 464. The van der Waals surface area contributed by atoms with Crippen LogP contribution in [-0.4, -0.2) is 13.2 Å². The summed E-state index contributed by atoms with van der Waals surface area (Å²) in [5, 5.41) is 4.30. The van der Waals surface area contributed by atoms with Crippen molar-refractivity contribution in [3.8, 4) is 5.75 Å².